The number of hydrogen-bond acceptors (Lipinski definition) is 6. The normalized spacial score (nSPS) is 11.5. The first kappa shape index (κ1) is 23.1. The summed E-state index contributed by atoms with van der Waals surface area (Å²) in [6.45, 7) is 4.99. The van der Waals surface area contributed by atoms with Gasteiger partial charge in [-0.05, 0) is 30.7 Å². The number of carbonyl (C=O) groups is 4. The Balaban J connectivity index is 2.50. The molecule has 0 spiro atoms. The molecule has 0 saturated carbocycles. The Labute approximate surface area is 164 Å². The van der Waals surface area contributed by atoms with Crippen molar-refractivity contribution in [2.24, 2.45) is 5.92 Å². The molecule has 0 fully saturated rings. The minimum atomic E-state index is -0.728. The first-order valence-electron chi connectivity index (χ1n) is 8.96. The van der Waals surface area contributed by atoms with Crippen LogP contribution in [-0.2, 0) is 30.5 Å². The average molecular weight is 392 g/mol. The van der Waals surface area contributed by atoms with Gasteiger partial charge in [-0.3, -0.25) is 19.2 Å². The summed E-state index contributed by atoms with van der Waals surface area (Å²) >= 11 is 0. The van der Waals surface area contributed by atoms with Gasteiger partial charge in [0.25, 0.3) is 0 Å². The smallest absolute Gasteiger partial charge is 0.302 e. The number of ether oxygens (including phenoxy) is 1. The maximum Gasteiger partial charge on any atom is 0.302 e. The second-order valence-corrected chi connectivity index (χ2v) is 6.56. The van der Waals surface area contributed by atoms with E-state index in [1.54, 1.807) is 45.2 Å². The van der Waals surface area contributed by atoms with Crippen LogP contribution in [0.2, 0.25) is 0 Å². The van der Waals surface area contributed by atoms with Crippen molar-refractivity contribution in [2.45, 2.75) is 33.4 Å². The third-order valence-corrected chi connectivity index (χ3v) is 3.71. The van der Waals surface area contributed by atoms with Gasteiger partial charge in [0.2, 0.25) is 17.7 Å². The molecule has 9 heteroatoms. The van der Waals surface area contributed by atoms with Gasteiger partial charge in [-0.15, -0.1) is 0 Å². The molecule has 4 N–H and O–H groups in total. The van der Waals surface area contributed by atoms with E-state index in [4.69, 9.17) is 4.74 Å². The monoisotopic (exact) mass is 392 g/mol. The minimum absolute atomic E-state index is 0.102. The van der Waals surface area contributed by atoms with Gasteiger partial charge < -0.3 is 26.0 Å². The van der Waals surface area contributed by atoms with Gasteiger partial charge >= 0.3 is 5.97 Å². The van der Waals surface area contributed by atoms with Gasteiger partial charge in [-0.2, -0.15) is 0 Å². The molecular formula is C19H28N4O5. The number of likely N-dealkylation sites (N-methyl/N-ethyl adjacent to an activating group) is 1. The summed E-state index contributed by atoms with van der Waals surface area (Å²) in [7, 11) is 1.64. The lowest BCUT2D eigenvalue weighted by Gasteiger charge is -2.21. The van der Waals surface area contributed by atoms with E-state index in [-0.39, 0.29) is 37.5 Å². The molecule has 1 aromatic rings. The molecule has 9 nitrogen and oxygen atoms in total. The fourth-order valence-corrected chi connectivity index (χ4v) is 2.27. The zero-order valence-electron chi connectivity index (χ0n) is 16.6. The van der Waals surface area contributed by atoms with Crippen LogP contribution in [0.5, 0.6) is 0 Å². The highest BCUT2D eigenvalue weighted by atomic mass is 16.5. The van der Waals surface area contributed by atoms with Crippen LogP contribution < -0.4 is 21.3 Å². The van der Waals surface area contributed by atoms with Gasteiger partial charge in [-0.1, -0.05) is 26.0 Å². The molecule has 0 aromatic heterocycles. The van der Waals surface area contributed by atoms with Crippen molar-refractivity contribution < 1.29 is 23.9 Å². The van der Waals surface area contributed by atoms with Crippen molar-refractivity contribution in [3.05, 3.63) is 29.8 Å². The molecule has 0 heterocycles. The third-order valence-electron chi connectivity index (χ3n) is 3.71. The van der Waals surface area contributed by atoms with E-state index in [2.05, 4.69) is 21.3 Å². The van der Waals surface area contributed by atoms with E-state index >= 15 is 0 Å². The van der Waals surface area contributed by atoms with E-state index in [1.165, 1.54) is 6.92 Å². The minimum Gasteiger partial charge on any atom is -0.461 e. The van der Waals surface area contributed by atoms with Crippen molar-refractivity contribution in [3.63, 3.8) is 0 Å². The number of benzene rings is 1. The molecular weight excluding hydrogens is 364 g/mol. The van der Waals surface area contributed by atoms with Crippen LogP contribution in [0, 0.1) is 5.92 Å². The number of nitrogens with one attached hydrogen (secondary N) is 4. The van der Waals surface area contributed by atoms with Gasteiger partial charge in [0.15, 0.2) is 0 Å². The number of amides is 3. The van der Waals surface area contributed by atoms with E-state index in [0.717, 1.165) is 5.56 Å². The maximum absolute atomic E-state index is 12.3. The molecule has 1 rings (SSSR count). The molecule has 1 unspecified atom stereocenters. The summed E-state index contributed by atoms with van der Waals surface area (Å²) < 4.78 is 4.89. The number of carbonyl (C=O) groups excluding carboxylic acids is 4. The lowest BCUT2D eigenvalue weighted by atomic mass is 10.0. The largest absolute Gasteiger partial charge is 0.461 e. The van der Waals surface area contributed by atoms with E-state index in [0.29, 0.717) is 5.69 Å². The second-order valence-electron chi connectivity index (χ2n) is 6.56. The summed E-state index contributed by atoms with van der Waals surface area (Å²) in [5, 5.41) is 10.5. The topological polar surface area (TPSA) is 126 Å². The number of anilines is 1. The van der Waals surface area contributed by atoms with Crippen LogP contribution in [0.1, 0.15) is 26.3 Å². The fourth-order valence-electron chi connectivity index (χ4n) is 2.27. The van der Waals surface area contributed by atoms with Crippen LogP contribution >= 0.6 is 0 Å². The molecule has 28 heavy (non-hydrogen) atoms. The molecule has 1 atom stereocenters. The first-order chi connectivity index (χ1) is 13.2. The lowest BCUT2D eigenvalue weighted by molar-refractivity contribution is -0.142. The number of rotatable bonds is 10. The zero-order valence-corrected chi connectivity index (χ0v) is 16.6. The Kier molecular flexibility index (Phi) is 9.66. The fraction of sp³-hybridized carbons (Fsp3) is 0.474. The van der Waals surface area contributed by atoms with Crippen molar-refractivity contribution in [2.75, 3.05) is 25.5 Å². The quantitative estimate of drug-likeness (QED) is 0.421. The van der Waals surface area contributed by atoms with Crippen molar-refractivity contribution >= 4 is 29.4 Å². The summed E-state index contributed by atoms with van der Waals surface area (Å²) in [5.74, 6) is -1.62. The Morgan fingerprint density at radius 2 is 1.64 bits per heavy atom. The standard InChI is InChI=1S/C19H28N4O5/c1-12(2)18(23-16(25)9-20-4)19(27)21-10-17(26)22-15-7-5-14(6-8-15)11-28-13(3)24/h5-8,12,18,20H,9-11H2,1-4H3,(H,21,27)(H,22,26)(H,23,25). The first-order valence-corrected chi connectivity index (χ1v) is 8.96. The predicted molar refractivity (Wildman–Crippen MR) is 104 cm³/mol. The molecule has 0 bridgehead atoms. The molecule has 0 radical (unpaired) electrons. The SMILES string of the molecule is CNCC(=O)NC(C(=O)NCC(=O)Nc1ccc(COC(C)=O)cc1)C(C)C. The second kappa shape index (κ2) is 11.7. The van der Waals surface area contributed by atoms with E-state index < -0.39 is 17.9 Å². The summed E-state index contributed by atoms with van der Waals surface area (Å²) in [5.41, 5.74) is 1.34. The Morgan fingerprint density at radius 1 is 1.00 bits per heavy atom. The third kappa shape index (κ3) is 8.63. The zero-order chi connectivity index (χ0) is 21.1. The van der Waals surface area contributed by atoms with Crippen molar-refractivity contribution in [3.8, 4) is 0 Å². The van der Waals surface area contributed by atoms with Crippen LogP contribution in [0.15, 0.2) is 24.3 Å². The van der Waals surface area contributed by atoms with Gasteiger partial charge in [0.1, 0.15) is 12.6 Å². The van der Waals surface area contributed by atoms with Gasteiger partial charge in [0.05, 0.1) is 13.1 Å². The molecule has 1 aromatic carbocycles. The van der Waals surface area contributed by atoms with Crippen molar-refractivity contribution in [1.82, 2.24) is 16.0 Å². The van der Waals surface area contributed by atoms with Crippen LogP contribution in [0.4, 0.5) is 5.69 Å². The van der Waals surface area contributed by atoms with Crippen molar-refractivity contribution in [1.29, 1.82) is 0 Å². The maximum atomic E-state index is 12.3. The summed E-state index contributed by atoms with van der Waals surface area (Å²) in [4.78, 5) is 46.8. The molecule has 3 amide bonds. The lowest BCUT2D eigenvalue weighted by Crippen LogP contribution is -2.52. The molecule has 0 saturated heterocycles. The highest BCUT2D eigenvalue weighted by molar-refractivity contribution is 5.96. The van der Waals surface area contributed by atoms with Gasteiger partial charge in [-0.25, -0.2) is 0 Å². The summed E-state index contributed by atoms with van der Waals surface area (Å²) in [6, 6.07) is 6.07. The molecule has 0 aliphatic carbocycles. The Bertz CT molecular complexity index is 688. The van der Waals surface area contributed by atoms with E-state index in [1.807, 2.05) is 0 Å². The molecule has 0 aliphatic heterocycles. The number of esters is 1. The van der Waals surface area contributed by atoms with Gasteiger partial charge in [0, 0.05) is 12.6 Å². The molecule has 0 aliphatic rings. The number of hydrogen-bond donors (Lipinski definition) is 4. The highest BCUT2D eigenvalue weighted by Gasteiger charge is 2.24. The van der Waals surface area contributed by atoms with Crippen LogP contribution in [0.25, 0.3) is 0 Å². The van der Waals surface area contributed by atoms with E-state index in [9.17, 15) is 19.2 Å². The average Bonchev–Trinajstić information content (AvgIpc) is 2.63. The highest BCUT2D eigenvalue weighted by Crippen LogP contribution is 2.10. The Hall–Kier alpha value is -2.94. The Morgan fingerprint density at radius 3 is 2.18 bits per heavy atom. The predicted octanol–water partition coefficient (Wildman–Crippen LogP) is 0.165. The van der Waals surface area contributed by atoms with Crippen LogP contribution in [0.3, 0.4) is 0 Å². The van der Waals surface area contributed by atoms with Crippen LogP contribution in [-0.4, -0.2) is 49.9 Å². The molecule has 154 valence electrons. The summed E-state index contributed by atoms with van der Waals surface area (Å²) in [6.07, 6.45) is 0.